The van der Waals surface area contributed by atoms with E-state index >= 15 is 0 Å². The van der Waals surface area contributed by atoms with Gasteiger partial charge in [-0.05, 0) is 30.3 Å². The van der Waals surface area contributed by atoms with Crippen LogP contribution in [0.2, 0.25) is 0 Å². The number of anilines is 1. The van der Waals surface area contributed by atoms with Gasteiger partial charge in [-0.2, -0.15) is 18.4 Å². The molecule has 2 aromatic rings. The first-order chi connectivity index (χ1) is 11.7. The Morgan fingerprint density at radius 3 is 2.44 bits per heavy atom. The lowest BCUT2D eigenvalue weighted by Crippen LogP contribution is -2.16. The Balaban J connectivity index is 2.42. The molecule has 0 aliphatic rings. The van der Waals surface area contributed by atoms with Crippen LogP contribution in [-0.4, -0.2) is 5.91 Å². The fraction of sp³-hybridized carbons (Fsp3) is 0.125. The number of hydrogen-bond acceptors (Lipinski definition) is 2. The van der Waals surface area contributed by atoms with E-state index in [0.717, 1.165) is 12.1 Å². The van der Waals surface area contributed by atoms with E-state index in [9.17, 15) is 26.7 Å². The van der Waals surface area contributed by atoms with Gasteiger partial charge in [-0.25, -0.2) is 8.78 Å². The highest BCUT2D eigenvalue weighted by Gasteiger charge is 2.32. The number of carbonyl (C=O) groups is 1. The topological polar surface area (TPSA) is 52.9 Å². The number of nitrogens with zero attached hydrogens (tertiary/aromatic N) is 1. The van der Waals surface area contributed by atoms with Crippen molar-refractivity contribution in [3.8, 4) is 6.07 Å². The monoisotopic (exact) mass is 418 g/mol. The molecule has 130 valence electrons. The Morgan fingerprint density at radius 1 is 1.20 bits per heavy atom. The average molecular weight is 419 g/mol. The highest BCUT2D eigenvalue weighted by atomic mass is 79.9. The summed E-state index contributed by atoms with van der Waals surface area (Å²) in [5.74, 6) is -3.06. The molecule has 0 heterocycles. The summed E-state index contributed by atoms with van der Waals surface area (Å²) in [6, 6.07) is 5.16. The Bertz CT molecular complexity index is 874. The van der Waals surface area contributed by atoms with Gasteiger partial charge in [0, 0.05) is 22.1 Å². The van der Waals surface area contributed by atoms with Gasteiger partial charge in [-0.15, -0.1) is 0 Å². The van der Waals surface area contributed by atoms with E-state index in [1.165, 1.54) is 0 Å². The number of rotatable bonds is 3. The molecule has 9 heteroatoms. The molecule has 2 aromatic carbocycles. The van der Waals surface area contributed by atoms with Crippen LogP contribution >= 0.6 is 15.9 Å². The van der Waals surface area contributed by atoms with Crippen LogP contribution in [-0.2, 0) is 11.5 Å². The highest BCUT2D eigenvalue weighted by Crippen LogP contribution is 2.31. The van der Waals surface area contributed by atoms with Crippen LogP contribution in [0.4, 0.5) is 27.6 Å². The standard InChI is InChI=1S/C16H8BrF5N2O/c17-6-11-12(7-23)13(19)1-2-14(11)24-15(25)8-3-9(16(20,21)22)5-10(18)4-8/h1-5H,6H2,(H,24,25). The maximum atomic E-state index is 13.6. The Labute approximate surface area is 147 Å². The number of carbonyl (C=O) groups excluding carboxylic acids is 1. The quantitative estimate of drug-likeness (QED) is 0.563. The number of nitrogens with one attached hydrogen (secondary N) is 1. The van der Waals surface area contributed by atoms with Crippen LogP contribution < -0.4 is 5.32 Å². The van der Waals surface area contributed by atoms with Crippen molar-refractivity contribution < 1.29 is 26.7 Å². The Morgan fingerprint density at radius 2 is 1.88 bits per heavy atom. The molecule has 3 nitrogen and oxygen atoms in total. The number of alkyl halides is 4. The number of halogens is 6. The predicted molar refractivity (Wildman–Crippen MR) is 83.1 cm³/mol. The first-order valence-electron chi connectivity index (χ1n) is 6.64. The number of benzene rings is 2. The molecular weight excluding hydrogens is 411 g/mol. The summed E-state index contributed by atoms with van der Waals surface area (Å²) in [7, 11) is 0. The Hall–Kier alpha value is -2.47. The normalized spacial score (nSPS) is 11.1. The third-order valence-corrected chi connectivity index (χ3v) is 3.80. The molecule has 0 bridgehead atoms. The third-order valence-electron chi connectivity index (χ3n) is 3.24. The zero-order chi connectivity index (χ0) is 18.8. The van der Waals surface area contributed by atoms with Crippen LogP contribution in [0.3, 0.4) is 0 Å². The fourth-order valence-electron chi connectivity index (χ4n) is 2.07. The molecule has 0 aliphatic heterocycles. The van der Waals surface area contributed by atoms with Gasteiger partial charge in [0.1, 0.15) is 17.7 Å². The molecule has 0 unspecified atom stereocenters. The van der Waals surface area contributed by atoms with Crippen molar-refractivity contribution in [1.29, 1.82) is 5.26 Å². The lowest BCUT2D eigenvalue weighted by molar-refractivity contribution is -0.137. The zero-order valence-corrected chi connectivity index (χ0v) is 13.8. The van der Waals surface area contributed by atoms with Gasteiger partial charge >= 0.3 is 6.18 Å². The summed E-state index contributed by atoms with van der Waals surface area (Å²) in [5.41, 5.74) is -2.04. The smallest absolute Gasteiger partial charge is 0.322 e. The van der Waals surface area contributed by atoms with Crippen molar-refractivity contribution in [2.45, 2.75) is 11.5 Å². The van der Waals surface area contributed by atoms with Gasteiger partial charge in [-0.1, -0.05) is 15.9 Å². The van der Waals surface area contributed by atoms with Crippen molar-refractivity contribution in [2.75, 3.05) is 5.32 Å². The van der Waals surface area contributed by atoms with E-state index in [4.69, 9.17) is 5.26 Å². The second-order valence-corrected chi connectivity index (χ2v) is 5.44. The molecule has 0 spiro atoms. The van der Waals surface area contributed by atoms with E-state index in [2.05, 4.69) is 21.2 Å². The van der Waals surface area contributed by atoms with Crippen LogP contribution in [0, 0.1) is 23.0 Å². The van der Waals surface area contributed by atoms with E-state index in [1.807, 2.05) is 0 Å². The van der Waals surface area contributed by atoms with Gasteiger partial charge in [0.25, 0.3) is 5.91 Å². The molecule has 0 fully saturated rings. The van der Waals surface area contributed by atoms with Crippen LogP contribution in [0.1, 0.15) is 27.0 Å². The van der Waals surface area contributed by atoms with Crippen molar-refractivity contribution >= 4 is 27.5 Å². The van der Waals surface area contributed by atoms with E-state index in [-0.39, 0.29) is 28.2 Å². The van der Waals surface area contributed by atoms with Crippen LogP contribution in [0.25, 0.3) is 0 Å². The van der Waals surface area contributed by atoms with Crippen molar-refractivity contribution in [2.24, 2.45) is 0 Å². The lowest BCUT2D eigenvalue weighted by Gasteiger charge is -2.13. The Kier molecular flexibility index (Phi) is 5.42. The summed E-state index contributed by atoms with van der Waals surface area (Å²) in [4.78, 5) is 12.2. The van der Waals surface area contributed by atoms with E-state index in [0.29, 0.717) is 12.1 Å². The van der Waals surface area contributed by atoms with Gasteiger partial charge in [-0.3, -0.25) is 4.79 Å². The lowest BCUT2D eigenvalue weighted by atomic mass is 10.1. The van der Waals surface area contributed by atoms with Gasteiger partial charge in [0.2, 0.25) is 0 Å². The van der Waals surface area contributed by atoms with Crippen molar-refractivity contribution in [1.82, 2.24) is 0 Å². The minimum atomic E-state index is -4.82. The second kappa shape index (κ2) is 7.19. The first kappa shape index (κ1) is 18.9. The summed E-state index contributed by atoms with van der Waals surface area (Å²) in [6.07, 6.45) is -4.82. The number of nitriles is 1. The second-order valence-electron chi connectivity index (χ2n) is 4.87. The molecule has 0 radical (unpaired) electrons. The van der Waals surface area contributed by atoms with Crippen LogP contribution in [0.5, 0.6) is 0 Å². The third kappa shape index (κ3) is 4.14. The minimum absolute atomic E-state index is 0.0141. The fourth-order valence-corrected chi connectivity index (χ4v) is 2.66. The summed E-state index contributed by atoms with van der Waals surface area (Å²) in [5, 5.41) is 11.2. The van der Waals surface area contributed by atoms with Gasteiger partial charge in [0.05, 0.1) is 11.1 Å². The minimum Gasteiger partial charge on any atom is -0.322 e. The highest BCUT2D eigenvalue weighted by molar-refractivity contribution is 9.08. The number of hydrogen-bond donors (Lipinski definition) is 1. The molecule has 0 saturated carbocycles. The maximum absolute atomic E-state index is 13.6. The largest absolute Gasteiger partial charge is 0.416 e. The van der Waals surface area contributed by atoms with Crippen LogP contribution in [0.15, 0.2) is 30.3 Å². The molecule has 0 saturated heterocycles. The molecule has 0 aliphatic carbocycles. The maximum Gasteiger partial charge on any atom is 0.416 e. The SMILES string of the molecule is N#Cc1c(F)ccc(NC(=O)c2cc(F)cc(C(F)(F)F)c2)c1CBr. The number of amides is 1. The molecule has 25 heavy (non-hydrogen) atoms. The summed E-state index contributed by atoms with van der Waals surface area (Å²) in [6.45, 7) is 0. The molecule has 1 N–H and O–H groups in total. The molecule has 2 rings (SSSR count). The average Bonchev–Trinajstić information content (AvgIpc) is 2.54. The molecular formula is C16H8BrF5N2O. The van der Waals surface area contributed by atoms with E-state index in [1.54, 1.807) is 6.07 Å². The molecule has 0 aromatic heterocycles. The van der Waals surface area contributed by atoms with Gasteiger partial charge in [0.15, 0.2) is 0 Å². The molecule has 1 amide bonds. The zero-order valence-electron chi connectivity index (χ0n) is 12.2. The summed E-state index contributed by atoms with van der Waals surface area (Å²) < 4.78 is 65.1. The predicted octanol–water partition coefficient (Wildman–Crippen LogP) is 5.00. The first-order valence-corrected chi connectivity index (χ1v) is 7.76. The van der Waals surface area contributed by atoms with Crippen molar-refractivity contribution in [3.63, 3.8) is 0 Å². The summed E-state index contributed by atoms with van der Waals surface area (Å²) >= 11 is 3.05. The van der Waals surface area contributed by atoms with Gasteiger partial charge < -0.3 is 5.32 Å². The molecule has 0 atom stereocenters. The van der Waals surface area contributed by atoms with E-state index < -0.39 is 34.8 Å². The van der Waals surface area contributed by atoms with Crippen molar-refractivity contribution in [3.05, 3.63) is 64.2 Å².